The highest BCUT2D eigenvalue weighted by atomic mass is 79.9. The Morgan fingerprint density at radius 1 is 1.27 bits per heavy atom. The molecule has 0 fully saturated rings. The van der Waals surface area contributed by atoms with Crippen LogP contribution in [0.2, 0.25) is 0 Å². The molecule has 3 aromatic rings. The number of Topliss-reactive ketones (excluding diaryl/α,β-unsaturated/α-hetero) is 1. The van der Waals surface area contributed by atoms with Crippen molar-refractivity contribution in [3.63, 3.8) is 0 Å². The van der Waals surface area contributed by atoms with E-state index in [2.05, 4.69) is 26.5 Å². The van der Waals surface area contributed by atoms with Crippen molar-refractivity contribution in [2.24, 2.45) is 0 Å². The summed E-state index contributed by atoms with van der Waals surface area (Å²) in [4.78, 5) is 12.6. The van der Waals surface area contributed by atoms with Crippen LogP contribution in [0.15, 0.2) is 46.9 Å². The fourth-order valence-electron chi connectivity index (χ4n) is 2.67. The number of nitrogens with two attached hydrogens (primary N) is 1. The number of hydrogen-bond acceptors (Lipinski definition) is 5. The number of rotatable bonds is 5. The first kappa shape index (κ1) is 18.3. The van der Waals surface area contributed by atoms with E-state index >= 15 is 0 Å². The topological polar surface area (TPSA) is 77.9 Å². The Hall–Kier alpha value is -2.45. The van der Waals surface area contributed by atoms with Crippen LogP contribution >= 0.6 is 28.1 Å². The van der Waals surface area contributed by atoms with Crippen molar-refractivity contribution in [1.29, 1.82) is 0 Å². The molecule has 0 amide bonds. The second-order valence-electron chi connectivity index (χ2n) is 6.00. The minimum absolute atomic E-state index is 0.0279. The van der Waals surface area contributed by atoms with Gasteiger partial charge in [-0.3, -0.25) is 10.2 Å². The number of benzene rings is 2. The molecular formula is C18H18BrN5OS. The lowest BCUT2D eigenvalue weighted by Crippen LogP contribution is -2.15. The van der Waals surface area contributed by atoms with Crippen molar-refractivity contribution in [3.05, 3.63) is 68.4 Å². The van der Waals surface area contributed by atoms with E-state index in [1.54, 1.807) is 0 Å². The third-order valence-corrected chi connectivity index (χ3v) is 4.79. The summed E-state index contributed by atoms with van der Waals surface area (Å²) in [5, 5.41) is 4.20. The standard InChI is InChI=1S/C18H18BrN5OS/c1-11-6-7-15(12(2)8-11)16(25)10-23-18(26)24(17(20)22-23)21-14-5-3-4-13(19)9-14/h3-9,21H,10H2,1-2H3,(H2,20,22). The van der Waals surface area contributed by atoms with Gasteiger partial charge in [0.15, 0.2) is 5.78 Å². The molecular weight excluding hydrogens is 414 g/mol. The van der Waals surface area contributed by atoms with Crippen LogP contribution in [0.5, 0.6) is 0 Å². The molecule has 1 heterocycles. The zero-order valence-electron chi connectivity index (χ0n) is 14.4. The van der Waals surface area contributed by atoms with Gasteiger partial charge in [-0.15, -0.1) is 5.10 Å². The van der Waals surface area contributed by atoms with Crippen molar-refractivity contribution in [2.75, 3.05) is 11.2 Å². The quantitative estimate of drug-likeness (QED) is 0.468. The highest BCUT2D eigenvalue weighted by Crippen LogP contribution is 2.17. The Bertz CT molecular complexity index is 1040. The summed E-state index contributed by atoms with van der Waals surface area (Å²) in [6, 6.07) is 13.3. The van der Waals surface area contributed by atoms with Gasteiger partial charge in [0.25, 0.3) is 0 Å². The smallest absolute Gasteiger partial charge is 0.240 e. The minimum Gasteiger partial charge on any atom is -0.366 e. The van der Waals surface area contributed by atoms with Gasteiger partial charge < -0.3 is 5.73 Å². The van der Waals surface area contributed by atoms with Gasteiger partial charge in [-0.25, -0.2) is 4.68 Å². The SMILES string of the molecule is Cc1ccc(C(=O)Cn2nc(N)n(Nc3cccc(Br)c3)c2=S)c(C)c1. The summed E-state index contributed by atoms with van der Waals surface area (Å²) in [6.07, 6.45) is 0. The van der Waals surface area contributed by atoms with Crippen molar-refractivity contribution in [3.8, 4) is 0 Å². The molecule has 134 valence electrons. The largest absolute Gasteiger partial charge is 0.366 e. The first-order valence-electron chi connectivity index (χ1n) is 7.93. The van der Waals surface area contributed by atoms with Crippen LogP contribution in [0.25, 0.3) is 0 Å². The number of nitrogen functional groups attached to an aromatic ring is 1. The van der Waals surface area contributed by atoms with E-state index < -0.39 is 0 Å². The van der Waals surface area contributed by atoms with E-state index in [9.17, 15) is 4.79 Å². The number of hydrogen-bond donors (Lipinski definition) is 2. The number of carbonyl (C=O) groups is 1. The van der Waals surface area contributed by atoms with Gasteiger partial charge >= 0.3 is 0 Å². The number of carbonyl (C=O) groups excluding carboxylic acids is 1. The van der Waals surface area contributed by atoms with Crippen molar-refractivity contribution >= 4 is 45.6 Å². The summed E-state index contributed by atoms with van der Waals surface area (Å²) in [5.41, 5.74) is 12.6. The summed E-state index contributed by atoms with van der Waals surface area (Å²) in [6.45, 7) is 3.94. The van der Waals surface area contributed by atoms with E-state index in [1.165, 1.54) is 9.36 Å². The summed E-state index contributed by atoms with van der Waals surface area (Å²) < 4.78 is 4.15. The van der Waals surface area contributed by atoms with E-state index in [0.29, 0.717) is 10.3 Å². The van der Waals surface area contributed by atoms with E-state index in [1.807, 2.05) is 56.3 Å². The van der Waals surface area contributed by atoms with Gasteiger partial charge in [0, 0.05) is 10.0 Å². The summed E-state index contributed by atoms with van der Waals surface area (Å²) in [7, 11) is 0. The number of aryl methyl sites for hydroxylation is 2. The van der Waals surface area contributed by atoms with Crippen LogP contribution in [0, 0.1) is 18.6 Å². The Morgan fingerprint density at radius 2 is 2.04 bits per heavy atom. The Balaban J connectivity index is 1.86. The van der Waals surface area contributed by atoms with Crippen LogP contribution < -0.4 is 11.2 Å². The molecule has 0 unspecified atom stereocenters. The molecule has 6 nitrogen and oxygen atoms in total. The average molecular weight is 432 g/mol. The molecule has 0 atom stereocenters. The van der Waals surface area contributed by atoms with Crippen LogP contribution in [0.3, 0.4) is 0 Å². The van der Waals surface area contributed by atoms with E-state index in [4.69, 9.17) is 18.0 Å². The predicted octanol–water partition coefficient (Wildman–Crippen LogP) is 4.13. The Labute approximate surface area is 164 Å². The predicted molar refractivity (Wildman–Crippen MR) is 109 cm³/mol. The lowest BCUT2D eigenvalue weighted by atomic mass is 10.0. The first-order valence-corrected chi connectivity index (χ1v) is 9.13. The fourth-order valence-corrected chi connectivity index (χ4v) is 3.31. The van der Waals surface area contributed by atoms with Gasteiger partial charge in [0.05, 0.1) is 5.69 Å². The Kier molecular flexibility index (Phi) is 5.24. The fraction of sp³-hybridized carbons (Fsp3) is 0.167. The maximum absolute atomic E-state index is 12.6. The minimum atomic E-state index is -0.0642. The monoisotopic (exact) mass is 431 g/mol. The third-order valence-electron chi connectivity index (χ3n) is 3.91. The third kappa shape index (κ3) is 3.86. The summed E-state index contributed by atoms with van der Waals surface area (Å²) in [5.74, 6) is 0.120. The zero-order valence-corrected chi connectivity index (χ0v) is 16.8. The Morgan fingerprint density at radius 3 is 2.73 bits per heavy atom. The lowest BCUT2D eigenvalue weighted by Gasteiger charge is -2.08. The molecule has 0 aliphatic carbocycles. The first-order chi connectivity index (χ1) is 12.3. The van der Waals surface area contributed by atoms with Crippen LogP contribution in [-0.2, 0) is 6.54 Å². The number of nitrogens with zero attached hydrogens (tertiary/aromatic N) is 3. The molecule has 0 aliphatic rings. The molecule has 0 spiro atoms. The molecule has 0 bridgehead atoms. The van der Waals surface area contributed by atoms with Crippen molar-refractivity contribution in [1.82, 2.24) is 14.5 Å². The van der Waals surface area contributed by atoms with Crippen LogP contribution in [0.4, 0.5) is 11.6 Å². The number of aromatic nitrogens is 3. The maximum atomic E-state index is 12.6. The number of nitrogens with one attached hydrogen (secondary N) is 1. The highest BCUT2D eigenvalue weighted by molar-refractivity contribution is 9.10. The maximum Gasteiger partial charge on any atom is 0.240 e. The molecule has 2 aromatic carbocycles. The molecule has 3 N–H and O–H groups in total. The molecule has 0 saturated carbocycles. The molecule has 1 aromatic heterocycles. The summed E-state index contributed by atoms with van der Waals surface area (Å²) >= 11 is 8.84. The van der Waals surface area contributed by atoms with E-state index in [-0.39, 0.29) is 18.3 Å². The normalized spacial score (nSPS) is 10.7. The van der Waals surface area contributed by atoms with Crippen LogP contribution in [-0.4, -0.2) is 20.2 Å². The second-order valence-corrected chi connectivity index (χ2v) is 7.28. The average Bonchev–Trinajstić information content (AvgIpc) is 2.82. The van der Waals surface area contributed by atoms with Gasteiger partial charge in [-0.1, -0.05) is 45.8 Å². The van der Waals surface area contributed by atoms with Gasteiger partial charge in [-0.05, 0) is 49.8 Å². The molecule has 0 saturated heterocycles. The van der Waals surface area contributed by atoms with Crippen molar-refractivity contribution in [2.45, 2.75) is 20.4 Å². The number of halogens is 1. The second kappa shape index (κ2) is 7.43. The zero-order chi connectivity index (χ0) is 18.8. The lowest BCUT2D eigenvalue weighted by molar-refractivity contribution is 0.0966. The van der Waals surface area contributed by atoms with Crippen molar-refractivity contribution < 1.29 is 4.79 Å². The number of anilines is 2. The van der Waals surface area contributed by atoms with Gasteiger partial charge in [0.1, 0.15) is 6.54 Å². The molecule has 0 aliphatic heterocycles. The van der Waals surface area contributed by atoms with Gasteiger partial charge in [0.2, 0.25) is 10.7 Å². The number of ketones is 1. The molecule has 0 radical (unpaired) electrons. The van der Waals surface area contributed by atoms with Gasteiger partial charge in [-0.2, -0.15) is 4.68 Å². The molecule has 8 heteroatoms. The molecule has 3 rings (SSSR count). The highest BCUT2D eigenvalue weighted by Gasteiger charge is 2.14. The van der Waals surface area contributed by atoms with E-state index in [0.717, 1.165) is 21.3 Å². The molecule has 26 heavy (non-hydrogen) atoms. The van der Waals surface area contributed by atoms with Crippen LogP contribution in [0.1, 0.15) is 21.5 Å².